The number of ether oxygens (including phenoxy) is 1. The standard InChI is InChI=1S/C7H8F3NO3/c1-14-7(13)6(12)11-3-2-4(8)5(9)10/h2-3H2,1H3,(H,11,12). The highest BCUT2D eigenvalue weighted by molar-refractivity contribution is 6.32. The molecule has 0 aliphatic heterocycles. The molecule has 0 unspecified atom stereocenters. The Bertz CT molecular complexity index is 261. The molecule has 0 aliphatic carbocycles. The predicted molar refractivity (Wildman–Crippen MR) is 40.0 cm³/mol. The van der Waals surface area contributed by atoms with Crippen molar-refractivity contribution in [3.8, 4) is 0 Å². The molecule has 4 nitrogen and oxygen atoms in total. The van der Waals surface area contributed by atoms with Gasteiger partial charge < -0.3 is 10.1 Å². The minimum absolute atomic E-state index is 0.392. The molecule has 0 atom stereocenters. The summed E-state index contributed by atoms with van der Waals surface area (Å²) in [5, 5.41) is 1.90. The third kappa shape index (κ3) is 4.48. The van der Waals surface area contributed by atoms with Crippen molar-refractivity contribution >= 4 is 11.9 Å². The SMILES string of the molecule is COC(=O)C(=O)NCCC(F)=C(F)F. The molecule has 0 aromatic heterocycles. The van der Waals surface area contributed by atoms with Crippen LogP contribution in [0, 0.1) is 0 Å². The van der Waals surface area contributed by atoms with Crippen molar-refractivity contribution in [3.05, 3.63) is 11.9 Å². The molecule has 1 N–H and O–H groups in total. The minimum atomic E-state index is -2.43. The fraction of sp³-hybridized carbons (Fsp3) is 0.429. The number of halogens is 3. The molecule has 0 aliphatic rings. The lowest BCUT2D eigenvalue weighted by molar-refractivity contribution is -0.152. The van der Waals surface area contributed by atoms with Gasteiger partial charge in [-0.15, -0.1) is 0 Å². The molecular formula is C7H8F3NO3. The molecule has 0 radical (unpaired) electrons. The van der Waals surface area contributed by atoms with Crippen LogP contribution in [0.25, 0.3) is 0 Å². The zero-order chi connectivity index (χ0) is 11.1. The van der Waals surface area contributed by atoms with E-state index >= 15 is 0 Å². The Morgan fingerprint density at radius 2 is 1.86 bits per heavy atom. The van der Waals surface area contributed by atoms with Gasteiger partial charge in [-0.1, -0.05) is 0 Å². The maximum atomic E-state index is 12.1. The summed E-state index contributed by atoms with van der Waals surface area (Å²) in [5.74, 6) is -3.87. The molecule has 0 aromatic carbocycles. The molecule has 0 saturated heterocycles. The van der Waals surface area contributed by atoms with Crippen molar-refractivity contribution in [1.82, 2.24) is 5.32 Å². The molecule has 0 saturated carbocycles. The molecular weight excluding hydrogens is 203 g/mol. The minimum Gasteiger partial charge on any atom is -0.462 e. The van der Waals surface area contributed by atoms with Gasteiger partial charge in [-0.3, -0.25) is 4.79 Å². The molecule has 0 rings (SSSR count). The lowest BCUT2D eigenvalue weighted by Crippen LogP contribution is -2.32. The number of carbonyl (C=O) groups is 2. The summed E-state index contributed by atoms with van der Waals surface area (Å²) in [6.07, 6.45) is -3.09. The summed E-state index contributed by atoms with van der Waals surface area (Å²) in [6, 6.07) is 0. The van der Waals surface area contributed by atoms with Crippen LogP contribution in [0.15, 0.2) is 11.9 Å². The quantitative estimate of drug-likeness (QED) is 0.553. The van der Waals surface area contributed by atoms with E-state index in [0.29, 0.717) is 0 Å². The van der Waals surface area contributed by atoms with E-state index in [2.05, 4.69) is 4.74 Å². The van der Waals surface area contributed by atoms with E-state index in [9.17, 15) is 22.8 Å². The van der Waals surface area contributed by atoms with Crippen molar-refractivity contribution in [2.24, 2.45) is 0 Å². The zero-order valence-electron chi connectivity index (χ0n) is 7.27. The molecule has 0 aromatic rings. The van der Waals surface area contributed by atoms with Crippen molar-refractivity contribution in [2.45, 2.75) is 6.42 Å². The Morgan fingerprint density at radius 1 is 1.29 bits per heavy atom. The number of carbonyl (C=O) groups excluding carboxylic acids is 2. The van der Waals surface area contributed by atoms with E-state index in [1.54, 1.807) is 0 Å². The van der Waals surface area contributed by atoms with Gasteiger partial charge in [0.2, 0.25) is 0 Å². The summed E-state index contributed by atoms with van der Waals surface area (Å²) in [4.78, 5) is 21.0. The van der Waals surface area contributed by atoms with Gasteiger partial charge in [0.1, 0.15) is 0 Å². The van der Waals surface area contributed by atoms with Crippen LogP contribution >= 0.6 is 0 Å². The van der Waals surface area contributed by atoms with Crippen LogP contribution in [-0.2, 0) is 14.3 Å². The predicted octanol–water partition coefficient (Wildman–Crippen LogP) is 0.743. The van der Waals surface area contributed by atoms with Crippen LogP contribution in [0.5, 0.6) is 0 Å². The number of hydrogen-bond donors (Lipinski definition) is 1. The van der Waals surface area contributed by atoms with E-state index in [1.807, 2.05) is 5.32 Å². The highest BCUT2D eigenvalue weighted by atomic mass is 19.3. The average molecular weight is 211 g/mol. The average Bonchev–Trinajstić information content (AvgIpc) is 2.15. The second kappa shape index (κ2) is 6.01. The Morgan fingerprint density at radius 3 is 2.29 bits per heavy atom. The highest BCUT2D eigenvalue weighted by Crippen LogP contribution is 2.11. The van der Waals surface area contributed by atoms with Crippen LogP contribution < -0.4 is 5.32 Å². The van der Waals surface area contributed by atoms with Crippen molar-refractivity contribution < 1.29 is 27.5 Å². The Balaban J connectivity index is 3.81. The molecule has 0 bridgehead atoms. The summed E-state index contributed by atoms with van der Waals surface area (Å²) in [6.45, 7) is -0.392. The number of amides is 1. The highest BCUT2D eigenvalue weighted by Gasteiger charge is 2.13. The van der Waals surface area contributed by atoms with Gasteiger partial charge in [0.15, 0.2) is 5.83 Å². The van der Waals surface area contributed by atoms with Gasteiger partial charge in [0.05, 0.1) is 7.11 Å². The normalized spacial score (nSPS) is 9.14. The van der Waals surface area contributed by atoms with E-state index < -0.39 is 36.7 Å². The molecule has 1 amide bonds. The monoisotopic (exact) mass is 211 g/mol. The first-order valence-corrected chi connectivity index (χ1v) is 3.54. The molecule has 80 valence electrons. The lowest BCUT2D eigenvalue weighted by Gasteiger charge is -2.01. The second-order valence-corrected chi connectivity index (χ2v) is 2.16. The fourth-order valence-electron chi connectivity index (χ4n) is 0.545. The van der Waals surface area contributed by atoms with E-state index in [-0.39, 0.29) is 0 Å². The van der Waals surface area contributed by atoms with Crippen LogP contribution in [-0.4, -0.2) is 25.5 Å². The first kappa shape index (κ1) is 12.5. The summed E-state index contributed by atoms with van der Waals surface area (Å²) >= 11 is 0. The smallest absolute Gasteiger partial charge is 0.396 e. The zero-order valence-corrected chi connectivity index (χ0v) is 7.27. The molecule has 0 spiro atoms. The topological polar surface area (TPSA) is 55.4 Å². The van der Waals surface area contributed by atoms with Crippen LogP contribution in [0.3, 0.4) is 0 Å². The summed E-state index contributed by atoms with van der Waals surface area (Å²) < 4.78 is 39.1. The first-order chi connectivity index (χ1) is 6.49. The number of methoxy groups -OCH3 is 1. The maximum absolute atomic E-state index is 12.1. The van der Waals surface area contributed by atoms with Crippen LogP contribution in [0.1, 0.15) is 6.42 Å². The molecule has 7 heteroatoms. The number of hydrogen-bond acceptors (Lipinski definition) is 3. The van der Waals surface area contributed by atoms with Gasteiger partial charge in [-0.05, 0) is 0 Å². The Hall–Kier alpha value is -1.53. The van der Waals surface area contributed by atoms with Crippen molar-refractivity contribution in [3.63, 3.8) is 0 Å². The van der Waals surface area contributed by atoms with Gasteiger partial charge in [0, 0.05) is 13.0 Å². The van der Waals surface area contributed by atoms with E-state index in [4.69, 9.17) is 0 Å². The molecule has 14 heavy (non-hydrogen) atoms. The van der Waals surface area contributed by atoms with Crippen LogP contribution in [0.4, 0.5) is 13.2 Å². The molecule has 0 fully saturated rings. The third-order valence-corrected chi connectivity index (χ3v) is 1.21. The number of esters is 1. The first-order valence-electron chi connectivity index (χ1n) is 3.54. The molecule has 0 heterocycles. The Kier molecular flexibility index (Phi) is 5.35. The number of nitrogens with one attached hydrogen (secondary N) is 1. The van der Waals surface area contributed by atoms with Gasteiger partial charge in [-0.25, -0.2) is 9.18 Å². The van der Waals surface area contributed by atoms with Gasteiger partial charge in [0.25, 0.3) is 0 Å². The lowest BCUT2D eigenvalue weighted by atomic mass is 10.4. The van der Waals surface area contributed by atoms with Crippen molar-refractivity contribution in [1.29, 1.82) is 0 Å². The van der Waals surface area contributed by atoms with Gasteiger partial charge in [-0.2, -0.15) is 8.78 Å². The fourth-order valence-corrected chi connectivity index (χ4v) is 0.545. The van der Waals surface area contributed by atoms with Gasteiger partial charge >= 0.3 is 18.0 Å². The van der Waals surface area contributed by atoms with E-state index in [0.717, 1.165) is 7.11 Å². The third-order valence-electron chi connectivity index (χ3n) is 1.21. The summed E-state index contributed by atoms with van der Waals surface area (Å²) in [7, 11) is 0.990. The van der Waals surface area contributed by atoms with E-state index in [1.165, 1.54) is 0 Å². The van der Waals surface area contributed by atoms with Crippen molar-refractivity contribution in [2.75, 3.05) is 13.7 Å². The largest absolute Gasteiger partial charge is 0.462 e. The Labute approximate surface area is 77.7 Å². The summed E-state index contributed by atoms with van der Waals surface area (Å²) in [5.41, 5.74) is 0. The number of rotatable bonds is 3. The van der Waals surface area contributed by atoms with Crippen LogP contribution in [0.2, 0.25) is 0 Å². The second-order valence-electron chi connectivity index (χ2n) is 2.16. The maximum Gasteiger partial charge on any atom is 0.396 e.